The molecule has 2 aromatic rings. The average molecular weight is 307 g/mol. The summed E-state index contributed by atoms with van der Waals surface area (Å²) in [4.78, 5) is 31.2. The molecule has 0 amide bonds. The van der Waals surface area contributed by atoms with Crippen molar-refractivity contribution in [1.82, 2.24) is 14.5 Å². The number of hydrogen-bond donors (Lipinski definition) is 1. The number of aliphatic carboxylic acids is 1. The third-order valence-corrected chi connectivity index (χ3v) is 4.44. The second kappa shape index (κ2) is 6.17. The molecule has 0 aliphatic carbocycles. The Kier molecular flexibility index (Phi) is 4.52. The number of thiazole rings is 1. The largest absolute Gasteiger partial charge is 0.481 e. The first-order valence-corrected chi connectivity index (χ1v) is 7.49. The second-order valence-corrected chi connectivity index (χ2v) is 5.78. The maximum atomic E-state index is 12.2. The maximum Gasteiger partial charge on any atom is 0.348 e. The summed E-state index contributed by atoms with van der Waals surface area (Å²) in [5, 5.41) is 11.5. The van der Waals surface area contributed by atoms with Crippen LogP contribution in [0.4, 0.5) is 0 Å². The van der Waals surface area contributed by atoms with E-state index in [1.165, 1.54) is 11.3 Å². The molecule has 0 saturated carbocycles. The number of aryl methyl sites for hydroxylation is 1. The van der Waals surface area contributed by atoms with Crippen LogP contribution in [0.1, 0.15) is 41.3 Å². The van der Waals surface area contributed by atoms with Crippen molar-refractivity contribution >= 4 is 17.3 Å². The zero-order valence-electron chi connectivity index (χ0n) is 12.2. The summed E-state index contributed by atoms with van der Waals surface area (Å²) in [5.41, 5.74) is 1.85. The Morgan fingerprint density at radius 3 is 2.76 bits per heavy atom. The fraction of sp³-hybridized carbons (Fsp3) is 0.429. The van der Waals surface area contributed by atoms with E-state index in [2.05, 4.69) is 9.97 Å². The Hall–Kier alpha value is -2.02. The quantitative estimate of drug-likeness (QED) is 0.912. The molecule has 0 aliphatic heterocycles. The van der Waals surface area contributed by atoms with Crippen LogP contribution in [0, 0.1) is 13.8 Å². The van der Waals surface area contributed by atoms with Crippen molar-refractivity contribution in [1.29, 1.82) is 0 Å². The minimum Gasteiger partial charge on any atom is -0.481 e. The molecule has 2 rings (SSSR count). The van der Waals surface area contributed by atoms with Crippen LogP contribution in [-0.2, 0) is 11.2 Å². The molecule has 1 N–H and O–H groups in total. The van der Waals surface area contributed by atoms with Gasteiger partial charge in [-0.3, -0.25) is 9.36 Å². The van der Waals surface area contributed by atoms with Crippen molar-refractivity contribution < 1.29 is 9.90 Å². The summed E-state index contributed by atoms with van der Waals surface area (Å²) >= 11 is 1.48. The van der Waals surface area contributed by atoms with Gasteiger partial charge in [0.15, 0.2) is 0 Å². The SMILES string of the molecule is Cc1nc(=O)n(C(C)c2nccs2)c(C)c1CCC(=O)O. The fourth-order valence-electron chi connectivity index (χ4n) is 2.42. The van der Waals surface area contributed by atoms with Gasteiger partial charge in [0, 0.05) is 29.4 Å². The molecule has 0 aromatic carbocycles. The third-order valence-electron chi connectivity index (χ3n) is 3.49. The number of carboxylic acids is 1. The predicted molar refractivity (Wildman–Crippen MR) is 79.9 cm³/mol. The van der Waals surface area contributed by atoms with Crippen LogP contribution in [0.15, 0.2) is 16.4 Å². The minimum atomic E-state index is -0.862. The molecule has 0 bridgehead atoms. The highest BCUT2D eigenvalue weighted by atomic mass is 32.1. The van der Waals surface area contributed by atoms with Gasteiger partial charge in [-0.1, -0.05) is 0 Å². The number of rotatable bonds is 5. The van der Waals surface area contributed by atoms with Crippen molar-refractivity contribution in [3.63, 3.8) is 0 Å². The monoisotopic (exact) mass is 307 g/mol. The molecule has 2 aromatic heterocycles. The average Bonchev–Trinajstić information content (AvgIpc) is 2.91. The fourth-order valence-corrected chi connectivity index (χ4v) is 3.10. The van der Waals surface area contributed by atoms with Crippen LogP contribution in [0.2, 0.25) is 0 Å². The molecule has 0 fully saturated rings. The molecule has 7 heteroatoms. The molecule has 2 heterocycles. The lowest BCUT2D eigenvalue weighted by atomic mass is 10.1. The summed E-state index contributed by atoms with van der Waals surface area (Å²) in [6.45, 7) is 5.46. The van der Waals surface area contributed by atoms with Gasteiger partial charge in [-0.2, -0.15) is 4.98 Å². The standard InChI is InChI=1S/C14H17N3O3S/c1-8-11(4-5-12(18)19)9(2)17(14(20)16-8)10(3)13-15-6-7-21-13/h6-7,10H,4-5H2,1-3H3,(H,18,19). The Balaban J connectivity index is 2.48. The Bertz CT molecular complexity index is 707. The van der Waals surface area contributed by atoms with Crippen LogP contribution in [0.25, 0.3) is 0 Å². The molecule has 6 nitrogen and oxygen atoms in total. The van der Waals surface area contributed by atoms with Crippen molar-refractivity contribution in [3.05, 3.63) is 44.0 Å². The van der Waals surface area contributed by atoms with E-state index in [4.69, 9.17) is 5.11 Å². The van der Waals surface area contributed by atoms with Crippen LogP contribution in [-0.4, -0.2) is 25.6 Å². The second-order valence-electron chi connectivity index (χ2n) is 4.85. The van der Waals surface area contributed by atoms with E-state index in [0.717, 1.165) is 16.3 Å². The van der Waals surface area contributed by atoms with Gasteiger partial charge in [-0.25, -0.2) is 9.78 Å². The molecule has 0 saturated heterocycles. The van der Waals surface area contributed by atoms with Gasteiger partial charge in [0.2, 0.25) is 0 Å². The van der Waals surface area contributed by atoms with Crippen molar-refractivity contribution in [3.8, 4) is 0 Å². The van der Waals surface area contributed by atoms with Crippen LogP contribution >= 0.6 is 11.3 Å². The smallest absolute Gasteiger partial charge is 0.348 e. The first-order chi connectivity index (χ1) is 9.91. The Labute approximate surface area is 126 Å². The maximum absolute atomic E-state index is 12.2. The molecule has 1 atom stereocenters. The van der Waals surface area contributed by atoms with Gasteiger partial charge in [-0.05, 0) is 32.8 Å². The molecule has 112 valence electrons. The predicted octanol–water partition coefficient (Wildman–Crippen LogP) is 1.94. The lowest BCUT2D eigenvalue weighted by molar-refractivity contribution is -0.136. The van der Waals surface area contributed by atoms with Crippen molar-refractivity contribution in [2.75, 3.05) is 0 Å². The number of nitrogens with zero attached hydrogens (tertiary/aromatic N) is 3. The molecule has 21 heavy (non-hydrogen) atoms. The molecular weight excluding hydrogens is 290 g/mol. The molecule has 1 unspecified atom stereocenters. The highest BCUT2D eigenvalue weighted by molar-refractivity contribution is 7.09. The number of aromatic nitrogens is 3. The Morgan fingerprint density at radius 1 is 1.48 bits per heavy atom. The summed E-state index contributed by atoms with van der Waals surface area (Å²) in [5.74, 6) is -0.862. The van der Waals surface area contributed by atoms with Gasteiger partial charge in [0.25, 0.3) is 0 Å². The number of hydrogen-bond acceptors (Lipinski definition) is 5. The van der Waals surface area contributed by atoms with E-state index in [-0.39, 0.29) is 18.2 Å². The summed E-state index contributed by atoms with van der Waals surface area (Å²) in [7, 11) is 0. The minimum absolute atomic E-state index is 0.0210. The highest BCUT2D eigenvalue weighted by Crippen LogP contribution is 2.22. The van der Waals surface area contributed by atoms with E-state index >= 15 is 0 Å². The van der Waals surface area contributed by atoms with Gasteiger partial charge in [-0.15, -0.1) is 11.3 Å². The number of carbonyl (C=O) groups is 1. The van der Waals surface area contributed by atoms with E-state index in [1.807, 2.05) is 19.2 Å². The topological polar surface area (TPSA) is 85.1 Å². The summed E-state index contributed by atoms with van der Waals surface area (Å²) in [6, 6.07) is -0.214. The molecule has 0 aliphatic rings. The van der Waals surface area contributed by atoms with E-state index in [0.29, 0.717) is 12.1 Å². The Morgan fingerprint density at radius 2 is 2.19 bits per heavy atom. The zero-order chi connectivity index (χ0) is 15.6. The third kappa shape index (κ3) is 3.18. The van der Waals surface area contributed by atoms with Crippen LogP contribution in [0.5, 0.6) is 0 Å². The molecule has 0 radical (unpaired) electrons. The first-order valence-electron chi connectivity index (χ1n) is 6.61. The summed E-state index contributed by atoms with van der Waals surface area (Å²) in [6.07, 6.45) is 2.09. The molecular formula is C14H17N3O3S. The van der Waals surface area contributed by atoms with Gasteiger partial charge in [0.1, 0.15) is 5.01 Å². The van der Waals surface area contributed by atoms with Crippen LogP contribution in [0.3, 0.4) is 0 Å². The van der Waals surface area contributed by atoms with E-state index < -0.39 is 5.97 Å². The molecule has 0 spiro atoms. The lowest BCUT2D eigenvalue weighted by Crippen LogP contribution is -2.30. The normalized spacial score (nSPS) is 12.3. The van der Waals surface area contributed by atoms with Crippen LogP contribution < -0.4 is 5.69 Å². The van der Waals surface area contributed by atoms with E-state index in [1.54, 1.807) is 17.7 Å². The van der Waals surface area contributed by atoms with Gasteiger partial charge in [0.05, 0.1) is 6.04 Å². The van der Waals surface area contributed by atoms with Crippen molar-refractivity contribution in [2.45, 2.75) is 39.7 Å². The summed E-state index contributed by atoms with van der Waals surface area (Å²) < 4.78 is 1.59. The van der Waals surface area contributed by atoms with Crippen molar-refractivity contribution in [2.24, 2.45) is 0 Å². The zero-order valence-corrected chi connectivity index (χ0v) is 13.0. The lowest BCUT2D eigenvalue weighted by Gasteiger charge is -2.19. The van der Waals surface area contributed by atoms with E-state index in [9.17, 15) is 9.59 Å². The first kappa shape index (κ1) is 15.4. The van der Waals surface area contributed by atoms with Gasteiger partial charge < -0.3 is 5.11 Å². The number of carboxylic acid groups (broad SMARTS) is 1. The van der Waals surface area contributed by atoms with Gasteiger partial charge >= 0.3 is 11.7 Å². The highest BCUT2D eigenvalue weighted by Gasteiger charge is 2.19.